The molecule has 5 aromatic heterocycles. The second-order valence-electron chi connectivity index (χ2n) is 19.6. The van der Waals surface area contributed by atoms with Gasteiger partial charge in [-0.05, 0) is 84.9 Å². The number of benzene rings is 11. The predicted octanol–water partition coefficient (Wildman–Crippen LogP) is 17.3. The van der Waals surface area contributed by atoms with E-state index in [1.807, 2.05) is 36.4 Å². The van der Waals surface area contributed by atoms with E-state index < -0.39 is 0 Å². The number of hydrogen-bond acceptors (Lipinski definition) is 3. The van der Waals surface area contributed by atoms with Crippen LogP contribution in [0.3, 0.4) is 0 Å². The van der Waals surface area contributed by atoms with Crippen LogP contribution < -0.4 is 0 Å². The van der Waals surface area contributed by atoms with Crippen molar-refractivity contribution in [2.45, 2.75) is 0 Å². The first-order valence-corrected chi connectivity index (χ1v) is 25.8. The summed E-state index contributed by atoms with van der Waals surface area (Å²) in [5, 5.41) is 9.61. The standard InChI is InChI=1S/C69H43N7/c1-3-19-44(20-4-1)67-70-68(45-21-5-2-6-22-45)72-69(71-67)46-35-39-64(75-60-32-16-10-25-51(60)52-26-11-17-33-61(52)75)66(41-46)76-62-34-18-12-28-54(62)56-42-47(37-40-63(56)76)74-59-31-15-9-27-53(59)55-38-36-48(43-65(55)74)73-57-29-13-7-23-49(57)50-24-8-14-30-58(50)73/h1-43H. The fourth-order valence-corrected chi connectivity index (χ4v) is 12.1. The minimum absolute atomic E-state index is 0.595. The second-order valence-corrected chi connectivity index (χ2v) is 19.6. The Kier molecular flexibility index (Phi) is 9.20. The van der Waals surface area contributed by atoms with Crippen LogP contribution in [-0.4, -0.2) is 33.2 Å². The number of rotatable bonds is 7. The van der Waals surface area contributed by atoms with Crippen molar-refractivity contribution >= 4 is 87.2 Å². The van der Waals surface area contributed by atoms with E-state index in [-0.39, 0.29) is 0 Å². The van der Waals surface area contributed by atoms with Crippen molar-refractivity contribution in [1.29, 1.82) is 0 Å². The Labute approximate surface area is 436 Å². The zero-order valence-corrected chi connectivity index (χ0v) is 41.0. The van der Waals surface area contributed by atoms with E-state index >= 15 is 0 Å². The molecule has 0 spiro atoms. The smallest absolute Gasteiger partial charge is 0.164 e. The maximum Gasteiger partial charge on any atom is 0.164 e. The Morgan fingerprint density at radius 3 is 1.03 bits per heavy atom. The molecule has 0 aliphatic rings. The largest absolute Gasteiger partial charge is 0.309 e. The topological polar surface area (TPSA) is 58.4 Å². The zero-order chi connectivity index (χ0) is 49.8. The van der Waals surface area contributed by atoms with Crippen molar-refractivity contribution in [3.05, 3.63) is 261 Å². The average Bonchev–Trinajstić information content (AvgIpc) is 4.24. The summed E-state index contributed by atoms with van der Waals surface area (Å²) in [6, 6.07) is 93.5. The molecular weight excluding hydrogens is 927 g/mol. The maximum absolute atomic E-state index is 5.24. The summed E-state index contributed by atoms with van der Waals surface area (Å²) >= 11 is 0. The average molecular weight is 970 g/mol. The van der Waals surface area contributed by atoms with Gasteiger partial charge in [0.2, 0.25) is 0 Å². The number of hydrogen-bond donors (Lipinski definition) is 0. The van der Waals surface area contributed by atoms with E-state index in [4.69, 9.17) is 15.0 Å². The van der Waals surface area contributed by atoms with Crippen LogP contribution >= 0.6 is 0 Å². The van der Waals surface area contributed by atoms with Crippen molar-refractivity contribution in [3.8, 4) is 56.9 Å². The van der Waals surface area contributed by atoms with Crippen LogP contribution in [0.25, 0.3) is 144 Å². The predicted molar refractivity (Wildman–Crippen MR) is 313 cm³/mol. The molecule has 0 fully saturated rings. The number of para-hydroxylation sites is 6. The lowest BCUT2D eigenvalue weighted by Gasteiger charge is -2.18. The Hall–Kier alpha value is -10.4. The fraction of sp³-hybridized carbons (Fsp3) is 0. The molecule has 0 radical (unpaired) electrons. The van der Waals surface area contributed by atoms with Crippen LogP contribution in [0.2, 0.25) is 0 Å². The minimum Gasteiger partial charge on any atom is -0.309 e. The lowest BCUT2D eigenvalue weighted by atomic mass is 10.1. The van der Waals surface area contributed by atoms with Gasteiger partial charge in [0.05, 0.1) is 55.5 Å². The number of fused-ring (bicyclic) bond motifs is 12. The molecule has 7 nitrogen and oxygen atoms in total. The third kappa shape index (κ3) is 6.33. The SMILES string of the molecule is c1ccc(-c2nc(-c3ccccc3)nc(-c3ccc(-n4c5ccccc5c5ccccc54)c(-n4c5ccccc5c5cc(-n6c7ccccc7c7ccc(-n8c9ccccc9c9ccccc98)cc76)ccc54)c3)n2)cc1. The molecule has 0 saturated heterocycles. The molecule has 0 saturated carbocycles. The van der Waals surface area contributed by atoms with Crippen molar-refractivity contribution < 1.29 is 0 Å². The first-order valence-electron chi connectivity index (χ1n) is 25.8. The van der Waals surface area contributed by atoms with Crippen molar-refractivity contribution in [1.82, 2.24) is 33.2 Å². The summed E-state index contributed by atoms with van der Waals surface area (Å²) in [6.45, 7) is 0. The molecule has 0 N–H and O–H groups in total. The van der Waals surface area contributed by atoms with Crippen molar-refractivity contribution in [2.75, 3.05) is 0 Å². The van der Waals surface area contributed by atoms with Gasteiger partial charge >= 0.3 is 0 Å². The quantitative estimate of drug-likeness (QED) is 0.160. The van der Waals surface area contributed by atoms with Gasteiger partial charge in [-0.25, -0.2) is 15.0 Å². The second kappa shape index (κ2) is 16.6. The van der Waals surface area contributed by atoms with Crippen molar-refractivity contribution in [3.63, 3.8) is 0 Å². The van der Waals surface area contributed by atoms with Crippen molar-refractivity contribution in [2.24, 2.45) is 0 Å². The van der Waals surface area contributed by atoms with Gasteiger partial charge in [-0.15, -0.1) is 0 Å². The fourth-order valence-electron chi connectivity index (χ4n) is 12.1. The molecule has 0 aliphatic heterocycles. The van der Waals surface area contributed by atoms with Gasteiger partial charge in [0, 0.05) is 71.2 Å². The van der Waals surface area contributed by atoms with Crippen LogP contribution in [-0.2, 0) is 0 Å². The lowest BCUT2D eigenvalue weighted by molar-refractivity contribution is 1.06. The molecule has 5 heterocycles. The number of nitrogens with zero attached hydrogens (tertiary/aromatic N) is 7. The van der Waals surface area contributed by atoms with Crippen LogP contribution in [0.15, 0.2) is 261 Å². The Morgan fingerprint density at radius 1 is 0.197 bits per heavy atom. The Morgan fingerprint density at radius 2 is 0.539 bits per heavy atom. The van der Waals surface area contributed by atoms with Gasteiger partial charge < -0.3 is 18.3 Å². The van der Waals surface area contributed by atoms with Crippen LogP contribution in [0.4, 0.5) is 0 Å². The Balaban J connectivity index is 0.954. The molecule has 11 aromatic carbocycles. The highest BCUT2D eigenvalue weighted by Crippen LogP contribution is 2.42. The van der Waals surface area contributed by atoms with Gasteiger partial charge in [0.25, 0.3) is 0 Å². The van der Waals surface area contributed by atoms with Gasteiger partial charge in [-0.2, -0.15) is 0 Å². The highest BCUT2D eigenvalue weighted by Gasteiger charge is 2.23. The number of aromatic nitrogens is 7. The molecule has 0 atom stereocenters. The van der Waals surface area contributed by atoms with Gasteiger partial charge in [-0.3, -0.25) is 0 Å². The molecule has 0 aliphatic carbocycles. The summed E-state index contributed by atoms with van der Waals surface area (Å²) < 4.78 is 9.73. The summed E-state index contributed by atoms with van der Waals surface area (Å²) in [4.78, 5) is 15.5. The van der Waals surface area contributed by atoms with Crippen LogP contribution in [0.1, 0.15) is 0 Å². The van der Waals surface area contributed by atoms with E-state index in [0.29, 0.717) is 17.5 Å². The van der Waals surface area contributed by atoms with E-state index in [2.05, 4.69) is 243 Å². The monoisotopic (exact) mass is 969 g/mol. The third-order valence-corrected chi connectivity index (χ3v) is 15.4. The van der Waals surface area contributed by atoms with Crippen LogP contribution in [0, 0.1) is 0 Å². The zero-order valence-electron chi connectivity index (χ0n) is 41.0. The minimum atomic E-state index is 0.595. The highest BCUT2D eigenvalue weighted by atomic mass is 15.1. The third-order valence-electron chi connectivity index (χ3n) is 15.4. The molecule has 0 amide bonds. The van der Waals surface area contributed by atoms with Gasteiger partial charge in [0.15, 0.2) is 17.5 Å². The van der Waals surface area contributed by atoms with Gasteiger partial charge in [-0.1, -0.05) is 176 Å². The maximum atomic E-state index is 5.24. The summed E-state index contributed by atoms with van der Waals surface area (Å²) in [6.07, 6.45) is 0. The van der Waals surface area contributed by atoms with Gasteiger partial charge in [0.1, 0.15) is 0 Å². The molecule has 7 heteroatoms. The normalized spacial score (nSPS) is 11.9. The van der Waals surface area contributed by atoms with E-state index in [0.717, 1.165) is 83.3 Å². The first-order chi connectivity index (χ1) is 37.7. The first kappa shape index (κ1) is 42.2. The summed E-state index contributed by atoms with van der Waals surface area (Å²) in [7, 11) is 0. The summed E-state index contributed by atoms with van der Waals surface area (Å²) in [5.74, 6) is 1.83. The molecule has 16 aromatic rings. The van der Waals surface area contributed by atoms with E-state index in [1.54, 1.807) is 0 Å². The molecular formula is C69H43N7. The molecule has 0 unspecified atom stereocenters. The lowest BCUT2D eigenvalue weighted by Crippen LogP contribution is -2.05. The highest BCUT2D eigenvalue weighted by molar-refractivity contribution is 6.15. The van der Waals surface area contributed by atoms with Crippen LogP contribution in [0.5, 0.6) is 0 Å². The van der Waals surface area contributed by atoms with E-state index in [1.165, 1.54) is 43.4 Å². The Bertz CT molecular complexity index is 4830. The van der Waals surface area contributed by atoms with E-state index in [9.17, 15) is 0 Å². The molecule has 0 bridgehead atoms. The summed E-state index contributed by atoms with van der Waals surface area (Å²) in [5.41, 5.74) is 16.1. The molecule has 16 rings (SSSR count). The molecule has 354 valence electrons. The molecule has 76 heavy (non-hydrogen) atoms.